The number of hydrogen-bond acceptors (Lipinski definition) is 6. The number of carbonyl (C=O) groups is 1. The molecule has 0 aliphatic heterocycles. The van der Waals surface area contributed by atoms with E-state index in [1.165, 1.54) is 23.5 Å². The lowest BCUT2D eigenvalue weighted by molar-refractivity contribution is -0.384. The first kappa shape index (κ1) is 15.6. The van der Waals surface area contributed by atoms with Crippen molar-refractivity contribution in [2.45, 2.75) is 0 Å². The predicted molar refractivity (Wildman–Crippen MR) is 90.4 cm³/mol. The zero-order valence-electron chi connectivity index (χ0n) is 12.2. The molecule has 120 valence electrons. The summed E-state index contributed by atoms with van der Waals surface area (Å²) in [6.07, 6.45) is 1.60. The lowest BCUT2D eigenvalue weighted by Gasteiger charge is -2.22. The van der Waals surface area contributed by atoms with E-state index in [0.29, 0.717) is 10.8 Å². The number of aromatic carboxylic acids is 1. The highest BCUT2D eigenvalue weighted by molar-refractivity contribution is 7.13. The maximum absolute atomic E-state index is 11.5. The quantitative estimate of drug-likeness (QED) is 0.551. The highest BCUT2D eigenvalue weighted by Crippen LogP contribution is 2.40. The molecule has 0 atom stereocenters. The van der Waals surface area contributed by atoms with Gasteiger partial charge in [0, 0.05) is 23.3 Å². The van der Waals surface area contributed by atoms with Gasteiger partial charge in [0.05, 0.1) is 10.5 Å². The number of carboxylic acid groups (broad SMARTS) is 1. The van der Waals surface area contributed by atoms with Crippen molar-refractivity contribution in [3.8, 4) is 0 Å². The van der Waals surface area contributed by atoms with Crippen LogP contribution in [0.1, 0.15) is 10.4 Å². The monoisotopic (exact) mass is 341 g/mol. The highest BCUT2D eigenvalue weighted by Gasteiger charge is 2.25. The first-order valence-corrected chi connectivity index (χ1v) is 7.72. The number of hydrogen-bond donors (Lipinski definition) is 1. The Morgan fingerprint density at radius 2 is 1.96 bits per heavy atom. The Hall–Kier alpha value is -3.26. The van der Waals surface area contributed by atoms with E-state index in [9.17, 15) is 14.9 Å². The summed E-state index contributed by atoms with van der Waals surface area (Å²) >= 11 is 1.33. The van der Waals surface area contributed by atoms with Gasteiger partial charge in [0.15, 0.2) is 5.13 Å². The van der Waals surface area contributed by atoms with Crippen LogP contribution in [0, 0.1) is 10.1 Å². The van der Waals surface area contributed by atoms with E-state index in [0.717, 1.165) is 6.07 Å². The van der Waals surface area contributed by atoms with Gasteiger partial charge in [-0.05, 0) is 24.3 Å². The minimum Gasteiger partial charge on any atom is -0.478 e. The Kier molecular flexibility index (Phi) is 4.21. The number of benzene rings is 2. The van der Waals surface area contributed by atoms with E-state index in [2.05, 4.69) is 4.98 Å². The van der Waals surface area contributed by atoms with E-state index in [4.69, 9.17) is 5.11 Å². The maximum atomic E-state index is 11.5. The molecule has 1 N–H and O–H groups in total. The predicted octanol–water partition coefficient (Wildman–Crippen LogP) is 4.22. The van der Waals surface area contributed by atoms with Gasteiger partial charge in [-0.1, -0.05) is 18.2 Å². The summed E-state index contributed by atoms with van der Waals surface area (Å²) in [5, 5.41) is 22.9. The Morgan fingerprint density at radius 1 is 1.21 bits per heavy atom. The van der Waals surface area contributed by atoms with Crippen LogP contribution in [0.2, 0.25) is 0 Å². The molecule has 0 radical (unpaired) electrons. The molecule has 3 rings (SSSR count). The fourth-order valence-electron chi connectivity index (χ4n) is 2.25. The second-order valence-electron chi connectivity index (χ2n) is 4.75. The van der Waals surface area contributed by atoms with E-state index in [1.807, 2.05) is 18.2 Å². The summed E-state index contributed by atoms with van der Waals surface area (Å²) in [6, 6.07) is 12.9. The fourth-order valence-corrected chi connectivity index (χ4v) is 2.92. The number of nitrogens with zero attached hydrogens (tertiary/aromatic N) is 3. The topological polar surface area (TPSA) is 96.6 Å². The molecule has 0 saturated heterocycles. The van der Waals surface area contributed by atoms with Crippen molar-refractivity contribution in [2.75, 3.05) is 4.90 Å². The standard InChI is InChI=1S/C16H11N3O4S/c20-15(21)11-6-7-13(14(10-11)19(22)23)18(16-17-8-9-24-16)12-4-2-1-3-5-12/h1-10H,(H,20,21). The average molecular weight is 341 g/mol. The third-order valence-electron chi connectivity index (χ3n) is 3.28. The van der Waals surface area contributed by atoms with Gasteiger partial charge in [-0.25, -0.2) is 9.78 Å². The molecule has 24 heavy (non-hydrogen) atoms. The Morgan fingerprint density at radius 3 is 2.54 bits per heavy atom. The molecule has 0 spiro atoms. The summed E-state index contributed by atoms with van der Waals surface area (Å²) in [4.78, 5) is 27.9. The molecular formula is C16H11N3O4S. The zero-order chi connectivity index (χ0) is 17.1. The van der Waals surface area contributed by atoms with Crippen LogP contribution in [0.15, 0.2) is 60.1 Å². The summed E-state index contributed by atoms with van der Waals surface area (Å²) in [6.45, 7) is 0. The first-order chi connectivity index (χ1) is 11.6. The number of anilines is 3. The van der Waals surface area contributed by atoms with Crippen LogP contribution in [-0.2, 0) is 0 Å². The first-order valence-electron chi connectivity index (χ1n) is 6.84. The van der Waals surface area contributed by atoms with Gasteiger partial charge in [0.1, 0.15) is 5.69 Å². The maximum Gasteiger partial charge on any atom is 0.335 e. The van der Waals surface area contributed by atoms with Crippen molar-refractivity contribution in [3.63, 3.8) is 0 Å². The van der Waals surface area contributed by atoms with Crippen molar-refractivity contribution < 1.29 is 14.8 Å². The highest BCUT2D eigenvalue weighted by atomic mass is 32.1. The van der Waals surface area contributed by atoms with Gasteiger partial charge in [0.25, 0.3) is 5.69 Å². The SMILES string of the molecule is O=C(O)c1ccc(N(c2ccccc2)c2nccs2)c([N+](=O)[O-])c1. The van der Waals surface area contributed by atoms with Gasteiger partial charge >= 0.3 is 5.97 Å². The third kappa shape index (κ3) is 2.95. The third-order valence-corrected chi connectivity index (χ3v) is 4.04. The van der Waals surface area contributed by atoms with Crippen molar-refractivity contribution >= 4 is 39.5 Å². The van der Waals surface area contributed by atoms with Crippen molar-refractivity contribution in [1.29, 1.82) is 0 Å². The van der Waals surface area contributed by atoms with Crippen LogP contribution in [-0.4, -0.2) is 21.0 Å². The van der Waals surface area contributed by atoms with Gasteiger partial charge in [-0.2, -0.15) is 0 Å². The second-order valence-corrected chi connectivity index (χ2v) is 5.62. The minimum atomic E-state index is -1.22. The Labute approximate surface area is 140 Å². The number of para-hydroxylation sites is 1. The molecule has 0 bridgehead atoms. The molecule has 0 saturated carbocycles. The lowest BCUT2D eigenvalue weighted by Crippen LogP contribution is -2.12. The number of thiazole rings is 1. The summed E-state index contributed by atoms with van der Waals surface area (Å²) < 4.78 is 0. The van der Waals surface area contributed by atoms with Crippen LogP contribution in [0.4, 0.5) is 22.2 Å². The van der Waals surface area contributed by atoms with Gasteiger partial charge in [-0.3, -0.25) is 15.0 Å². The van der Waals surface area contributed by atoms with Crippen LogP contribution >= 0.6 is 11.3 Å². The van der Waals surface area contributed by atoms with Gasteiger partial charge < -0.3 is 5.11 Å². The molecule has 0 fully saturated rings. The number of rotatable bonds is 5. The van der Waals surface area contributed by atoms with Gasteiger partial charge in [-0.15, -0.1) is 11.3 Å². The molecule has 0 unspecified atom stereocenters. The van der Waals surface area contributed by atoms with Crippen LogP contribution in [0.25, 0.3) is 0 Å². The fraction of sp³-hybridized carbons (Fsp3) is 0. The van der Waals surface area contributed by atoms with Crippen LogP contribution in [0.5, 0.6) is 0 Å². The summed E-state index contributed by atoms with van der Waals surface area (Å²) in [7, 11) is 0. The van der Waals surface area contributed by atoms with Crippen molar-refractivity contribution in [1.82, 2.24) is 4.98 Å². The molecule has 8 heteroatoms. The van der Waals surface area contributed by atoms with Crippen molar-refractivity contribution in [3.05, 3.63) is 75.8 Å². The number of nitro groups is 1. The molecule has 1 aromatic heterocycles. The molecule has 0 aliphatic rings. The number of carboxylic acids is 1. The minimum absolute atomic E-state index is 0.141. The largest absolute Gasteiger partial charge is 0.478 e. The average Bonchev–Trinajstić information content (AvgIpc) is 3.10. The zero-order valence-corrected chi connectivity index (χ0v) is 13.0. The molecule has 7 nitrogen and oxygen atoms in total. The van der Waals surface area contributed by atoms with E-state index in [-0.39, 0.29) is 16.9 Å². The summed E-state index contributed by atoms with van der Waals surface area (Å²) in [5.74, 6) is -1.22. The molecule has 3 aromatic rings. The molecule has 0 amide bonds. The number of aromatic nitrogens is 1. The normalized spacial score (nSPS) is 10.3. The van der Waals surface area contributed by atoms with Gasteiger partial charge in [0.2, 0.25) is 0 Å². The van der Waals surface area contributed by atoms with E-state index >= 15 is 0 Å². The molecule has 1 heterocycles. The van der Waals surface area contributed by atoms with E-state index in [1.54, 1.807) is 28.6 Å². The second kappa shape index (κ2) is 6.47. The lowest BCUT2D eigenvalue weighted by atomic mass is 10.1. The van der Waals surface area contributed by atoms with Crippen LogP contribution in [0.3, 0.4) is 0 Å². The smallest absolute Gasteiger partial charge is 0.335 e. The van der Waals surface area contributed by atoms with Crippen LogP contribution < -0.4 is 4.90 Å². The molecular weight excluding hydrogens is 330 g/mol. The van der Waals surface area contributed by atoms with E-state index < -0.39 is 10.9 Å². The molecule has 0 aliphatic carbocycles. The Bertz CT molecular complexity index is 882. The Balaban J connectivity index is 2.22. The van der Waals surface area contributed by atoms with Crippen molar-refractivity contribution in [2.24, 2.45) is 0 Å². The number of nitro benzene ring substituents is 1. The summed E-state index contributed by atoms with van der Waals surface area (Å²) in [5.41, 5.74) is 0.510. The molecule has 2 aromatic carbocycles.